The fourth-order valence-corrected chi connectivity index (χ4v) is 3.25. The van der Waals surface area contributed by atoms with Crippen molar-refractivity contribution in [2.45, 2.75) is 5.75 Å². The number of benzene rings is 1. The molecule has 3 N–H and O–H groups in total. The summed E-state index contributed by atoms with van der Waals surface area (Å²) in [5, 5.41) is 3.10. The van der Waals surface area contributed by atoms with Gasteiger partial charge in [-0.2, -0.15) is 0 Å². The Bertz CT molecular complexity index is 489. The molecule has 0 saturated carbocycles. The van der Waals surface area contributed by atoms with Crippen molar-refractivity contribution in [1.29, 1.82) is 0 Å². The highest BCUT2D eigenvalue weighted by atomic mass is 32.2. The van der Waals surface area contributed by atoms with Crippen molar-refractivity contribution in [2.75, 3.05) is 18.8 Å². The molecular weight excluding hydrogens is 255 g/mol. The van der Waals surface area contributed by atoms with E-state index < -0.39 is 22.5 Å². The average Bonchev–Trinajstić information content (AvgIpc) is 2.26. The molecule has 1 saturated heterocycles. The van der Waals surface area contributed by atoms with Crippen LogP contribution in [-0.4, -0.2) is 29.0 Å². The molecule has 0 aliphatic carbocycles. The van der Waals surface area contributed by atoms with Crippen LogP contribution >= 0.6 is 0 Å². The van der Waals surface area contributed by atoms with Crippen LogP contribution in [-0.2, 0) is 16.6 Å². The minimum atomic E-state index is -1.11. The number of carbonyl (C=O) groups is 1. The SMILES string of the molecule is NC(=O)c1ccc(F)c(CS(=O)CC2CNC2)c1. The first-order chi connectivity index (χ1) is 8.56. The molecule has 1 unspecified atom stereocenters. The summed E-state index contributed by atoms with van der Waals surface area (Å²) < 4.78 is 25.4. The third kappa shape index (κ3) is 3.14. The van der Waals surface area contributed by atoms with Crippen LogP contribution < -0.4 is 11.1 Å². The molecule has 1 heterocycles. The van der Waals surface area contributed by atoms with Crippen molar-refractivity contribution in [3.05, 3.63) is 35.1 Å². The fraction of sp³-hybridized carbons (Fsp3) is 0.417. The summed E-state index contributed by atoms with van der Waals surface area (Å²) in [7, 11) is -1.11. The Kier molecular flexibility index (Phi) is 4.08. The van der Waals surface area contributed by atoms with E-state index in [1.807, 2.05) is 0 Å². The third-order valence-corrected chi connectivity index (χ3v) is 4.41. The smallest absolute Gasteiger partial charge is 0.248 e. The topological polar surface area (TPSA) is 72.2 Å². The van der Waals surface area contributed by atoms with E-state index in [9.17, 15) is 13.4 Å². The van der Waals surface area contributed by atoms with E-state index in [0.29, 0.717) is 11.7 Å². The van der Waals surface area contributed by atoms with Crippen molar-refractivity contribution in [3.63, 3.8) is 0 Å². The van der Waals surface area contributed by atoms with Gasteiger partial charge in [-0.05, 0) is 24.1 Å². The number of nitrogens with two attached hydrogens (primary N) is 1. The van der Waals surface area contributed by atoms with Gasteiger partial charge in [-0.25, -0.2) is 4.39 Å². The normalized spacial score (nSPS) is 17.2. The van der Waals surface area contributed by atoms with Crippen LogP contribution in [0.15, 0.2) is 18.2 Å². The minimum absolute atomic E-state index is 0.128. The van der Waals surface area contributed by atoms with Crippen LogP contribution in [0, 0.1) is 11.7 Å². The van der Waals surface area contributed by atoms with E-state index in [1.165, 1.54) is 18.2 Å². The van der Waals surface area contributed by atoms with Gasteiger partial charge in [0.1, 0.15) is 5.82 Å². The predicted octanol–water partition coefficient (Wildman–Crippen LogP) is 0.393. The zero-order valence-corrected chi connectivity index (χ0v) is 10.6. The predicted molar refractivity (Wildman–Crippen MR) is 68.0 cm³/mol. The standard InChI is InChI=1S/C12H15FN2O2S/c13-11-2-1-9(12(14)16)3-10(11)7-18(17)6-8-4-15-5-8/h1-3,8,15H,4-7H2,(H2,14,16). The summed E-state index contributed by atoms with van der Waals surface area (Å²) in [6, 6.07) is 3.91. The number of rotatable bonds is 5. The maximum Gasteiger partial charge on any atom is 0.248 e. The van der Waals surface area contributed by atoms with Gasteiger partial charge in [-0.1, -0.05) is 0 Å². The molecule has 4 nitrogen and oxygen atoms in total. The molecule has 6 heteroatoms. The Labute approximate surface area is 107 Å². The Morgan fingerprint density at radius 2 is 2.22 bits per heavy atom. The van der Waals surface area contributed by atoms with Gasteiger partial charge in [-0.3, -0.25) is 9.00 Å². The van der Waals surface area contributed by atoms with Gasteiger partial charge in [0.15, 0.2) is 0 Å². The summed E-state index contributed by atoms with van der Waals surface area (Å²) in [5.41, 5.74) is 5.66. The van der Waals surface area contributed by atoms with Crippen molar-refractivity contribution < 1.29 is 13.4 Å². The zero-order chi connectivity index (χ0) is 13.1. The molecule has 0 aromatic heterocycles. The number of halogens is 1. The van der Waals surface area contributed by atoms with Crippen molar-refractivity contribution in [1.82, 2.24) is 5.32 Å². The van der Waals surface area contributed by atoms with Gasteiger partial charge < -0.3 is 11.1 Å². The summed E-state index contributed by atoms with van der Waals surface area (Å²) in [4.78, 5) is 11.0. The molecule has 1 aliphatic rings. The molecule has 0 bridgehead atoms. The van der Waals surface area contributed by atoms with Crippen molar-refractivity contribution >= 4 is 16.7 Å². The van der Waals surface area contributed by atoms with Crippen LogP contribution in [0.2, 0.25) is 0 Å². The van der Waals surface area contributed by atoms with E-state index in [2.05, 4.69) is 5.32 Å². The van der Waals surface area contributed by atoms with Crippen molar-refractivity contribution in [2.24, 2.45) is 11.7 Å². The van der Waals surface area contributed by atoms with Gasteiger partial charge in [0, 0.05) is 40.8 Å². The molecular formula is C12H15FN2O2S. The molecule has 18 heavy (non-hydrogen) atoms. The molecule has 1 aromatic carbocycles. The fourth-order valence-electron chi connectivity index (χ4n) is 1.80. The summed E-state index contributed by atoms with van der Waals surface area (Å²) in [5.74, 6) is 0.0509. The molecule has 1 fully saturated rings. The quantitative estimate of drug-likeness (QED) is 0.813. The van der Waals surface area contributed by atoms with Crippen LogP contribution in [0.25, 0.3) is 0 Å². The number of hydrogen-bond donors (Lipinski definition) is 2. The maximum absolute atomic E-state index is 13.5. The van der Waals surface area contributed by atoms with Crippen LogP contribution in [0.5, 0.6) is 0 Å². The summed E-state index contributed by atoms with van der Waals surface area (Å²) in [6.07, 6.45) is 0. The molecule has 2 rings (SSSR count). The number of amides is 1. The molecule has 98 valence electrons. The lowest BCUT2D eigenvalue weighted by atomic mass is 10.1. The van der Waals surface area contributed by atoms with Gasteiger partial charge in [0.05, 0.1) is 5.75 Å². The molecule has 1 aliphatic heterocycles. The van der Waals surface area contributed by atoms with E-state index in [4.69, 9.17) is 5.73 Å². The second-order valence-electron chi connectivity index (χ2n) is 4.45. The first kappa shape index (κ1) is 13.2. The van der Waals surface area contributed by atoms with E-state index >= 15 is 0 Å². The molecule has 1 aromatic rings. The Hall–Kier alpha value is -1.27. The number of carbonyl (C=O) groups excluding carboxylic acids is 1. The van der Waals surface area contributed by atoms with Gasteiger partial charge in [0.2, 0.25) is 5.91 Å². The first-order valence-corrected chi connectivity index (χ1v) is 7.19. The van der Waals surface area contributed by atoms with Crippen LogP contribution in [0.4, 0.5) is 4.39 Å². The average molecular weight is 270 g/mol. The van der Waals surface area contributed by atoms with Crippen LogP contribution in [0.1, 0.15) is 15.9 Å². The van der Waals surface area contributed by atoms with Crippen molar-refractivity contribution in [3.8, 4) is 0 Å². The van der Waals surface area contributed by atoms with E-state index in [-0.39, 0.29) is 16.9 Å². The maximum atomic E-state index is 13.5. The highest BCUT2D eigenvalue weighted by Gasteiger charge is 2.20. The monoisotopic (exact) mass is 270 g/mol. The lowest BCUT2D eigenvalue weighted by Crippen LogP contribution is -2.44. The molecule has 1 amide bonds. The zero-order valence-electron chi connectivity index (χ0n) is 9.82. The second kappa shape index (κ2) is 5.58. The van der Waals surface area contributed by atoms with E-state index in [1.54, 1.807) is 0 Å². The Morgan fingerprint density at radius 1 is 1.50 bits per heavy atom. The third-order valence-electron chi connectivity index (χ3n) is 2.93. The number of hydrogen-bond acceptors (Lipinski definition) is 3. The molecule has 0 spiro atoms. The first-order valence-electron chi connectivity index (χ1n) is 5.70. The Morgan fingerprint density at radius 3 is 2.78 bits per heavy atom. The molecule has 1 atom stereocenters. The lowest BCUT2D eigenvalue weighted by molar-refractivity contribution is 0.1000. The van der Waals surface area contributed by atoms with Gasteiger partial charge in [-0.15, -0.1) is 0 Å². The number of nitrogens with one attached hydrogen (secondary N) is 1. The highest BCUT2D eigenvalue weighted by molar-refractivity contribution is 7.84. The van der Waals surface area contributed by atoms with E-state index in [0.717, 1.165) is 13.1 Å². The largest absolute Gasteiger partial charge is 0.366 e. The summed E-state index contributed by atoms with van der Waals surface area (Å²) >= 11 is 0. The van der Waals surface area contributed by atoms with Crippen LogP contribution in [0.3, 0.4) is 0 Å². The minimum Gasteiger partial charge on any atom is -0.366 e. The number of primary amides is 1. The second-order valence-corrected chi connectivity index (χ2v) is 5.95. The lowest BCUT2D eigenvalue weighted by Gasteiger charge is -2.26. The van der Waals surface area contributed by atoms with Gasteiger partial charge in [0.25, 0.3) is 0 Å². The summed E-state index contributed by atoms with van der Waals surface area (Å²) in [6.45, 7) is 1.74. The Balaban J connectivity index is 2.04. The highest BCUT2D eigenvalue weighted by Crippen LogP contribution is 2.14. The molecule has 0 radical (unpaired) electrons. The van der Waals surface area contributed by atoms with Gasteiger partial charge >= 0.3 is 0 Å².